The van der Waals surface area contributed by atoms with Crippen molar-refractivity contribution in [1.82, 2.24) is 9.80 Å². The average Bonchev–Trinajstić information content (AvgIpc) is 2.87. The molecule has 0 aliphatic carbocycles. The van der Waals surface area contributed by atoms with Gasteiger partial charge < -0.3 is 14.9 Å². The third kappa shape index (κ3) is 3.44. The Morgan fingerprint density at radius 1 is 1.12 bits per heavy atom. The standard InChI is InChI=1S/C13H26N2O/c1-12(16)13-5-10-15(11-13)9-4-8-14-6-2-3-7-14/h12-13,16H,2-11H2,1H3. The van der Waals surface area contributed by atoms with Crippen molar-refractivity contribution < 1.29 is 5.11 Å². The Bertz CT molecular complexity index is 202. The molecule has 2 rings (SSSR count). The molecule has 0 aromatic carbocycles. The quantitative estimate of drug-likeness (QED) is 0.762. The largest absolute Gasteiger partial charge is 0.393 e. The predicted molar refractivity (Wildman–Crippen MR) is 66.5 cm³/mol. The Kier molecular flexibility index (Phi) is 4.62. The average molecular weight is 226 g/mol. The molecular weight excluding hydrogens is 200 g/mol. The maximum absolute atomic E-state index is 9.53. The van der Waals surface area contributed by atoms with Crippen molar-refractivity contribution in [1.29, 1.82) is 0 Å². The highest BCUT2D eigenvalue weighted by Crippen LogP contribution is 2.19. The summed E-state index contributed by atoms with van der Waals surface area (Å²) in [6, 6.07) is 0. The maximum atomic E-state index is 9.53. The lowest BCUT2D eigenvalue weighted by atomic mass is 10.0. The van der Waals surface area contributed by atoms with Crippen LogP contribution in [0.4, 0.5) is 0 Å². The molecule has 3 heteroatoms. The molecule has 0 bridgehead atoms. The van der Waals surface area contributed by atoms with E-state index < -0.39 is 0 Å². The Hall–Kier alpha value is -0.120. The second-order valence-electron chi connectivity index (χ2n) is 5.49. The van der Waals surface area contributed by atoms with Crippen molar-refractivity contribution >= 4 is 0 Å². The zero-order valence-corrected chi connectivity index (χ0v) is 10.6. The van der Waals surface area contributed by atoms with Crippen molar-refractivity contribution in [3.63, 3.8) is 0 Å². The van der Waals surface area contributed by atoms with Gasteiger partial charge in [0.1, 0.15) is 0 Å². The molecule has 2 atom stereocenters. The smallest absolute Gasteiger partial charge is 0.0552 e. The molecular formula is C13H26N2O. The van der Waals surface area contributed by atoms with Crippen LogP contribution in [0.3, 0.4) is 0 Å². The van der Waals surface area contributed by atoms with E-state index in [-0.39, 0.29) is 6.10 Å². The maximum Gasteiger partial charge on any atom is 0.0552 e. The van der Waals surface area contributed by atoms with Gasteiger partial charge in [0.15, 0.2) is 0 Å². The van der Waals surface area contributed by atoms with Crippen LogP contribution in [0.25, 0.3) is 0 Å². The number of rotatable bonds is 5. The molecule has 0 aromatic rings. The molecule has 0 amide bonds. The minimum absolute atomic E-state index is 0.122. The lowest BCUT2D eigenvalue weighted by Gasteiger charge is -2.19. The molecule has 16 heavy (non-hydrogen) atoms. The topological polar surface area (TPSA) is 26.7 Å². The van der Waals surface area contributed by atoms with Gasteiger partial charge in [0.25, 0.3) is 0 Å². The molecule has 94 valence electrons. The third-order valence-electron chi connectivity index (χ3n) is 4.14. The van der Waals surface area contributed by atoms with Crippen LogP contribution in [-0.2, 0) is 0 Å². The van der Waals surface area contributed by atoms with Gasteiger partial charge in [0.2, 0.25) is 0 Å². The predicted octanol–water partition coefficient (Wildman–Crippen LogP) is 1.17. The van der Waals surface area contributed by atoms with Crippen LogP contribution in [0.5, 0.6) is 0 Å². The zero-order valence-electron chi connectivity index (χ0n) is 10.6. The molecule has 0 saturated carbocycles. The number of aliphatic hydroxyl groups is 1. The molecule has 2 saturated heterocycles. The van der Waals surface area contributed by atoms with Crippen LogP contribution in [0.2, 0.25) is 0 Å². The van der Waals surface area contributed by atoms with E-state index in [1.807, 2.05) is 6.92 Å². The highest BCUT2D eigenvalue weighted by Gasteiger charge is 2.25. The van der Waals surface area contributed by atoms with Gasteiger partial charge in [-0.1, -0.05) is 0 Å². The number of nitrogens with zero attached hydrogens (tertiary/aromatic N) is 2. The van der Waals surface area contributed by atoms with E-state index in [1.54, 1.807) is 0 Å². The number of hydrogen-bond donors (Lipinski definition) is 1. The Morgan fingerprint density at radius 3 is 2.44 bits per heavy atom. The van der Waals surface area contributed by atoms with Crippen LogP contribution < -0.4 is 0 Å². The fourth-order valence-corrected chi connectivity index (χ4v) is 2.98. The lowest BCUT2D eigenvalue weighted by molar-refractivity contribution is 0.127. The molecule has 0 spiro atoms. The molecule has 0 aromatic heterocycles. The van der Waals surface area contributed by atoms with Crippen LogP contribution >= 0.6 is 0 Å². The molecule has 3 nitrogen and oxygen atoms in total. The summed E-state index contributed by atoms with van der Waals surface area (Å²) in [5, 5.41) is 9.53. The first-order valence-corrected chi connectivity index (χ1v) is 6.88. The molecule has 1 N–H and O–H groups in total. The van der Waals surface area contributed by atoms with E-state index in [0.717, 1.165) is 6.54 Å². The monoisotopic (exact) mass is 226 g/mol. The summed E-state index contributed by atoms with van der Waals surface area (Å²) in [6.07, 6.45) is 5.15. The zero-order chi connectivity index (χ0) is 11.4. The number of likely N-dealkylation sites (tertiary alicyclic amines) is 2. The molecule has 0 radical (unpaired) electrons. The molecule has 2 fully saturated rings. The van der Waals surface area contributed by atoms with E-state index in [0.29, 0.717) is 5.92 Å². The fraction of sp³-hybridized carbons (Fsp3) is 1.00. The van der Waals surface area contributed by atoms with Crippen LogP contribution in [0, 0.1) is 5.92 Å². The van der Waals surface area contributed by atoms with Gasteiger partial charge in [-0.05, 0) is 71.2 Å². The summed E-state index contributed by atoms with van der Waals surface area (Å²) in [4.78, 5) is 5.11. The van der Waals surface area contributed by atoms with Crippen molar-refractivity contribution in [3.05, 3.63) is 0 Å². The molecule has 2 aliphatic heterocycles. The Balaban J connectivity index is 1.57. The second kappa shape index (κ2) is 5.99. The van der Waals surface area contributed by atoms with E-state index in [1.165, 1.54) is 58.4 Å². The van der Waals surface area contributed by atoms with Crippen molar-refractivity contribution in [2.24, 2.45) is 5.92 Å². The van der Waals surface area contributed by atoms with E-state index >= 15 is 0 Å². The fourth-order valence-electron chi connectivity index (χ4n) is 2.98. The normalized spacial score (nSPS) is 30.0. The first kappa shape index (κ1) is 12.3. The molecule has 2 aliphatic rings. The second-order valence-corrected chi connectivity index (χ2v) is 5.49. The van der Waals surface area contributed by atoms with Gasteiger partial charge in [-0.3, -0.25) is 0 Å². The Morgan fingerprint density at radius 2 is 1.81 bits per heavy atom. The number of aliphatic hydroxyl groups excluding tert-OH is 1. The highest BCUT2D eigenvalue weighted by atomic mass is 16.3. The first-order chi connectivity index (χ1) is 7.75. The highest BCUT2D eigenvalue weighted by molar-refractivity contribution is 4.79. The summed E-state index contributed by atoms with van der Waals surface area (Å²) in [5.41, 5.74) is 0. The van der Waals surface area contributed by atoms with Crippen molar-refractivity contribution in [2.75, 3.05) is 39.3 Å². The SMILES string of the molecule is CC(O)C1CCN(CCCN2CCCC2)C1. The Labute approximate surface area is 99.4 Å². The minimum Gasteiger partial charge on any atom is -0.393 e. The molecule has 2 heterocycles. The van der Waals surface area contributed by atoms with Gasteiger partial charge >= 0.3 is 0 Å². The van der Waals surface area contributed by atoms with Crippen molar-refractivity contribution in [3.8, 4) is 0 Å². The van der Waals surface area contributed by atoms with Gasteiger partial charge in [-0.25, -0.2) is 0 Å². The van der Waals surface area contributed by atoms with Gasteiger partial charge in [-0.2, -0.15) is 0 Å². The molecule has 2 unspecified atom stereocenters. The summed E-state index contributed by atoms with van der Waals surface area (Å²) >= 11 is 0. The van der Waals surface area contributed by atoms with Crippen LogP contribution in [0.1, 0.15) is 32.6 Å². The van der Waals surface area contributed by atoms with Crippen molar-refractivity contribution in [2.45, 2.75) is 38.7 Å². The minimum atomic E-state index is -0.122. The number of hydrogen-bond acceptors (Lipinski definition) is 3. The summed E-state index contributed by atoms with van der Waals surface area (Å²) in [5.74, 6) is 0.520. The lowest BCUT2D eigenvalue weighted by Crippen LogP contribution is -2.28. The van der Waals surface area contributed by atoms with Crippen LogP contribution in [-0.4, -0.2) is 60.3 Å². The van der Waals surface area contributed by atoms with E-state index in [2.05, 4.69) is 9.80 Å². The van der Waals surface area contributed by atoms with E-state index in [4.69, 9.17) is 0 Å². The van der Waals surface area contributed by atoms with Crippen LogP contribution in [0.15, 0.2) is 0 Å². The van der Waals surface area contributed by atoms with Gasteiger partial charge in [0, 0.05) is 6.54 Å². The summed E-state index contributed by atoms with van der Waals surface area (Å²) < 4.78 is 0. The van der Waals surface area contributed by atoms with E-state index in [9.17, 15) is 5.11 Å². The summed E-state index contributed by atoms with van der Waals surface area (Å²) in [6.45, 7) is 9.35. The van der Waals surface area contributed by atoms with Gasteiger partial charge in [-0.15, -0.1) is 0 Å². The first-order valence-electron chi connectivity index (χ1n) is 6.88. The van der Waals surface area contributed by atoms with Gasteiger partial charge in [0.05, 0.1) is 6.10 Å². The summed E-state index contributed by atoms with van der Waals surface area (Å²) in [7, 11) is 0. The third-order valence-corrected chi connectivity index (χ3v) is 4.14.